The summed E-state index contributed by atoms with van der Waals surface area (Å²) in [5, 5.41) is 3.37. The highest BCUT2D eigenvalue weighted by Gasteiger charge is 2.47. The average Bonchev–Trinajstić information content (AvgIpc) is 3.24. The zero-order chi connectivity index (χ0) is 18.3. The van der Waals surface area contributed by atoms with Crippen molar-refractivity contribution in [3.05, 3.63) is 65.2 Å². The molecule has 4 rings (SSSR count). The van der Waals surface area contributed by atoms with E-state index >= 15 is 0 Å². The van der Waals surface area contributed by atoms with Gasteiger partial charge >= 0.3 is 0 Å². The quantitative estimate of drug-likeness (QED) is 0.917. The number of nitrogens with one attached hydrogen (secondary N) is 1. The number of likely N-dealkylation sites (tertiary alicyclic amines) is 1. The summed E-state index contributed by atoms with van der Waals surface area (Å²) in [6, 6.07) is 11.2. The third-order valence-corrected chi connectivity index (χ3v) is 5.46. The number of nitrogens with zero attached hydrogens (tertiary/aromatic N) is 1. The first-order valence-corrected chi connectivity index (χ1v) is 8.70. The average molecular weight is 358 g/mol. The molecule has 1 N–H and O–H groups in total. The van der Waals surface area contributed by atoms with E-state index in [4.69, 9.17) is 4.74 Å². The van der Waals surface area contributed by atoms with Gasteiger partial charge in [-0.3, -0.25) is 4.79 Å². The van der Waals surface area contributed by atoms with Gasteiger partial charge in [0.2, 0.25) is 0 Å². The summed E-state index contributed by atoms with van der Waals surface area (Å²) in [5.41, 5.74) is 0.767. The van der Waals surface area contributed by atoms with E-state index in [0.29, 0.717) is 12.5 Å². The molecule has 2 heterocycles. The highest BCUT2D eigenvalue weighted by Crippen LogP contribution is 2.43. The predicted molar refractivity (Wildman–Crippen MR) is 93.0 cm³/mol. The first-order chi connectivity index (χ1) is 12.6. The van der Waals surface area contributed by atoms with Gasteiger partial charge in [-0.25, -0.2) is 8.78 Å². The summed E-state index contributed by atoms with van der Waals surface area (Å²) in [5.74, 6) is -1.25. The Kier molecular flexibility index (Phi) is 4.36. The molecule has 6 heteroatoms. The second-order valence-electron chi connectivity index (χ2n) is 6.86. The molecule has 2 saturated heterocycles. The standard InChI is InChI=1S/C20H20F2N2O2/c1-26-14-7-5-12(6-8-14)19-16-10-23-9-13(16)11-24(19)20(25)15-3-2-4-17(21)18(15)22/h2-8,13,16,19,23H,9-11H2,1H3/t13-,16-,19-/m0/s1. The van der Waals surface area contributed by atoms with Crippen LogP contribution in [-0.2, 0) is 0 Å². The minimum Gasteiger partial charge on any atom is -0.497 e. The van der Waals surface area contributed by atoms with Crippen LogP contribution in [-0.4, -0.2) is 37.6 Å². The molecule has 2 aromatic carbocycles. The van der Waals surface area contributed by atoms with Crippen molar-refractivity contribution in [1.29, 1.82) is 0 Å². The monoisotopic (exact) mass is 358 g/mol. The maximum atomic E-state index is 14.2. The smallest absolute Gasteiger partial charge is 0.257 e. The number of carbonyl (C=O) groups is 1. The van der Waals surface area contributed by atoms with E-state index in [2.05, 4.69) is 5.32 Å². The third kappa shape index (κ3) is 2.74. The molecule has 2 aliphatic heterocycles. The van der Waals surface area contributed by atoms with E-state index in [9.17, 15) is 13.6 Å². The maximum Gasteiger partial charge on any atom is 0.257 e. The molecular weight excluding hydrogens is 338 g/mol. The molecule has 0 bridgehead atoms. The van der Waals surface area contributed by atoms with Crippen LogP contribution in [0.5, 0.6) is 5.75 Å². The number of rotatable bonds is 3. The minimum atomic E-state index is -1.08. The normalized spacial score (nSPS) is 24.6. The first kappa shape index (κ1) is 17.0. The van der Waals surface area contributed by atoms with E-state index < -0.39 is 17.5 Å². The highest BCUT2D eigenvalue weighted by molar-refractivity contribution is 5.95. The number of ether oxygens (including phenoxy) is 1. The van der Waals surface area contributed by atoms with Gasteiger partial charge in [-0.05, 0) is 35.7 Å². The molecule has 2 fully saturated rings. The van der Waals surface area contributed by atoms with Crippen LogP contribution in [0.3, 0.4) is 0 Å². The Morgan fingerprint density at radius 1 is 1.15 bits per heavy atom. The molecule has 4 nitrogen and oxygen atoms in total. The summed E-state index contributed by atoms with van der Waals surface area (Å²) in [7, 11) is 1.60. The van der Waals surface area contributed by atoms with E-state index in [1.165, 1.54) is 12.1 Å². The Morgan fingerprint density at radius 2 is 1.92 bits per heavy atom. The highest BCUT2D eigenvalue weighted by atomic mass is 19.2. The van der Waals surface area contributed by atoms with Crippen LogP contribution in [0.2, 0.25) is 0 Å². The molecule has 26 heavy (non-hydrogen) atoms. The van der Waals surface area contributed by atoms with Gasteiger partial charge in [0.15, 0.2) is 11.6 Å². The summed E-state index contributed by atoms with van der Waals surface area (Å²) in [4.78, 5) is 14.7. The van der Waals surface area contributed by atoms with Gasteiger partial charge in [-0.15, -0.1) is 0 Å². The molecular formula is C20H20F2N2O2. The largest absolute Gasteiger partial charge is 0.497 e. The summed E-state index contributed by atoms with van der Waals surface area (Å²) < 4.78 is 33.0. The fraction of sp³-hybridized carbons (Fsp3) is 0.350. The van der Waals surface area contributed by atoms with Crippen molar-refractivity contribution in [3.63, 3.8) is 0 Å². The Hall–Kier alpha value is -2.47. The second-order valence-corrected chi connectivity index (χ2v) is 6.86. The van der Waals surface area contributed by atoms with Crippen LogP contribution in [0, 0.1) is 23.5 Å². The molecule has 1 amide bonds. The number of hydrogen-bond donors (Lipinski definition) is 1. The molecule has 3 atom stereocenters. The van der Waals surface area contributed by atoms with Crippen molar-refractivity contribution < 1.29 is 18.3 Å². The van der Waals surface area contributed by atoms with Crippen LogP contribution in [0.4, 0.5) is 8.78 Å². The van der Waals surface area contributed by atoms with Gasteiger partial charge in [-0.1, -0.05) is 18.2 Å². The van der Waals surface area contributed by atoms with Gasteiger partial charge in [-0.2, -0.15) is 0 Å². The van der Waals surface area contributed by atoms with Crippen LogP contribution >= 0.6 is 0 Å². The molecule has 2 aliphatic rings. The van der Waals surface area contributed by atoms with E-state index in [0.717, 1.165) is 30.5 Å². The summed E-state index contributed by atoms with van der Waals surface area (Å²) >= 11 is 0. The lowest BCUT2D eigenvalue weighted by molar-refractivity contribution is 0.0708. The number of fused-ring (bicyclic) bond motifs is 1. The molecule has 0 spiro atoms. The number of methoxy groups -OCH3 is 1. The van der Waals surface area contributed by atoms with Crippen molar-refractivity contribution >= 4 is 5.91 Å². The number of hydrogen-bond acceptors (Lipinski definition) is 3. The van der Waals surface area contributed by atoms with Gasteiger partial charge in [0.1, 0.15) is 5.75 Å². The van der Waals surface area contributed by atoms with Crippen molar-refractivity contribution in [1.82, 2.24) is 10.2 Å². The number of benzene rings is 2. The second kappa shape index (κ2) is 6.68. The van der Waals surface area contributed by atoms with E-state index in [1.807, 2.05) is 24.3 Å². The minimum absolute atomic E-state index is 0.170. The first-order valence-electron chi connectivity index (χ1n) is 8.70. The molecule has 0 aromatic heterocycles. The Balaban J connectivity index is 1.71. The number of amides is 1. The summed E-state index contributed by atoms with van der Waals surface area (Å²) in [6.45, 7) is 2.16. The zero-order valence-electron chi connectivity index (χ0n) is 14.4. The van der Waals surface area contributed by atoms with Crippen molar-refractivity contribution in [2.45, 2.75) is 6.04 Å². The number of carbonyl (C=O) groups excluding carboxylic acids is 1. The van der Waals surface area contributed by atoms with Gasteiger partial charge < -0.3 is 15.0 Å². The van der Waals surface area contributed by atoms with Crippen molar-refractivity contribution in [2.75, 3.05) is 26.7 Å². The number of halogens is 2. The molecule has 136 valence electrons. The Morgan fingerprint density at radius 3 is 2.65 bits per heavy atom. The van der Waals surface area contributed by atoms with Gasteiger partial charge in [0.05, 0.1) is 18.7 Å². The Labute approximate surface area is 150 Å². The van der Waals surface area contributed by atoms with Crippen molar-refractivity contribution in [3.8, 4) is 5.75 Å². The van der Waals surface area contributed by atoms with E-state index in [-0.39, 0.29) is 17.5 Å². The van der Waals surface area contributed by atoms with Crippen LogP contribution in [0.1, 0.15) is 22.0 Å². The molecule has 0 radical (unpaired) electrons. The molecule has 2 aromatic rings. The summed E-state index contributed by atoms with van der Waals surface area (Å²) in [6.07, 6.45) is 0. The van der Waals surface area contributed by atoms with E-state index in [1.54, 1.807) is 12.0 Å². The zero-order valence-corrected chi connectivity index (χ0v) is 14.4. The third-order valence-electron chi connectivity index (χ3n) is 5.46. The molecule has 0 saturated carbocycles. The topological polar surface area (TPSA) is 41.6 Å². The lowest BCUT2D eigenvalue weighted by atomic mass is 9.89. The van der Waals surface area contributed by atoms with Crippen LogP contribution in [0.25, 0.3) is 0 Å². The predicted octanol–water partition coefficient (Wildman–Crippen LogP) is 3.01. The molecule has 0 aliphatic carbocycles. The van der Waals surface area contributed by atoms with Crippen LogP contribution in [0.15, 0.2) is 42.5 Å². The Bertz CT molecular complexity index is 825. The molecule has 0 unspecified atom stereocenters. The fourth-order valence-electron chi connectivity index (χ4n) is 4.18. The lowest BCUT2D eigenvalue weighted by Crippen LogP contribution is -2.35. The fourth-order valence-corrected chi connectivity index (χ4v) is 4.18. The van der Waals surface area contributed by atoms with Crippen molar-refractivity contribution in [2.24, 2.45) is 11.8 Å². The lowest BCUT2D eigenvalue weighted by Gasteiger charge is -2.28. The van der Waals surface area contributed by atoms with Gasteiger partial charge in [0.25, 0.3) is 5.91 Å². The van der Waals surface area contributed by atoms with Crippen LogP contribution < -0.4 is 10.1 Å². The SMILES string of the molecule is COc1ccc([C@H]2[C@H]3CNC[C@H]3CN2C(=O)c2cccc(F)c2F)cc1. The van der Waals surface area contributed by atoms with Gasteiger partial charge in [0, 0.05) is 25.6 Å². The maximum absolute atomic E-state index is 14.2.